The molecule has 0 aromatic heterocycles. The summed E-state index contributed by atoms with van der Waals surface area (Å²) in [6.45, 7) is 1.98. The average molecular weight is 255 g/mol. The zero-order valence-electron chi connectivity index (χ0n) is 10.4. The Bertz CT molecular complexity index is 624. The molecule has 0 saturated heterocycles. The van der Waals surface area contributed by atoms with Gasteiger partial charge in [-0.3, -0.25) is 15.5 Å². The highest BCUT2D eigenvalue weighted by Crippen LogP contribution is 2.22. The molecule has 0 aliphatic heterocycles. The van der Waals surface area contributed by atoms with Crippen LogP contribution in [0.5, 0.6) is 0 Å². The zero-order valence-corrected chi connectivity index (χ0v) is 10.4. The third-order valence-electron chi connectivity index (χ3n) is 2.68. The molecule has 0 aliphatic carbocycles. The number of anilines is 1. The second-order valence-electron chi connectivity index (χ2n) is 4.00. The highest BCUT2D eigenvalue weighted by molar-refractivity contribution is 5.82. The molecule has 5 nitrogen and oxygen atoms in total. The molecular formula is C14H13N3O2. The molecule has 2 rings (SSSR count). The maximum atomic E-state index is 10.8. The van der Waals surface area contributed by atoms with Gasteiger partial charge < -0.3 is 0 Å². The van der Waals surface area contributed by atoms with Gasteiger partial charge in [-0.05, 0) is 24.1 Å². The third-order valence-corrected chi connectivity index (χ3v) is 2.68. The van der Waals surface area contributed by atoms with E-state index < -0.39 is 4.92 Å². The van der Waals surface area contributed by atoms with E-state index in [2.05, 4.69) is 10.5 Å². The van der Waals surface area contributed by atoms with E-state index in [0.717, 1.165) is 11.1 Å². The lowest BCUT2D eigenvalue weighted by Crippen LogP contribution is -1.97. The van der Waals surface area contributed by atoms with Crippen LogP contribution in [0.4, 0.5) is 11.4 Å². The van der Waals surface area contributed by atoms with Gasteiger partial charge in [-0.1, -0.05) is 36.4 Å². The van der Waals surface area contributed by atoms with E-state index >= 15 is 0 Å². The summed E-state index contributed by atoms with van der Waals surface area (Å²) in [7, 11) is 0. The van der Waals surface area contributed by atoms with E-state index in [9.17, 15) is 10.1 Å². The van der Waals surface area contributed by atoms with Gasteiger partial charge in [-0.2, -0.15) is 5.10 Å². The maximum Gasteiger partial charge on any atom is 0.294 e. The van der Waals surface area contributed by atoms with Gasteiger partial charge in [-0.15, -0.1) is 0 Å². The number of nitro groups is 1. The molecule has 0 saturated carbocycles. The summed E-state index contributed by atoms with van der Waals surface area (Å²) in [6.07, 6.45) is 1.64. The van der Waals surface area contributed by atoms with Crippen molar-refractivity contribution in [2.24, 2.45) is 5.10 Å². The summed E-state index contributed by atoms with van der Waals surface area (Å²) in [5, 5.41) is 14.9. The van der Waals surface area contributed by atoms with E-state index in [0.29, 0.717) is 5.69 Å². The quantitative estimate of drug-likeness (QED) is 0.517. The van der Waals surface area contributed by atoms with Crippen LogP contribution >= 0.6 is 0 Å². The Kier molecular flexibility index (Phi) is 3.87. The number of nitro benzene ring substituents is 1. The lowest BCUT2D eigenvalue weighted by molar-refractivity contribution is -0.384. The molecule has 0 spiro atoms. The number of nitrogens with one attached hydrogen (secondary N) is 1. The van der Waals surface area contributed by atoms with E-state index in [-0.39, 0.29) is 5.69 Å². The lowest BCUT2D eigenvalue weighted by atomic mass is 10.1. The number of para-hydroxylation sites is 2. The molecule has 1 N–H and O–H groups in total. The van der Waals surface area contributed by atoms with Crippen molar-refractivity contribution in [2.75, 3.05) is 5.43 Å². The fraction of sp³-hybridized carbons (Fsp3) is 0.0714. The third kappa shape index (κ3) is 3.16. The highest BCUT2D eigenvalue weighted by atomic mass is 16.6. The van der Waals surface area contributed by atoms with Gasteiger partial charge in [0.25, 0.3) is 5.69 Å². The van der Waals surface area contributed by atoms with Gasteiger partial charge in [0.05, 0.1) is 11.1 Å². The summed E-state index contributed by atoms with van der Waals surface area (Å²) in [5.74, 6) is 0. The minimum Gasteiger partial charge on any atom is -0.272 e. The number of benzene rings is 2. The number of hydrogen-bond donors (Lipinski definition) is 1. The summed E-state index contributed by atoms with van der Waals surface area (Å²) < 4.78 is 0. The Morgan fingerprint density at radius 3 is 2.58 bits per heavy atom. The normalized spacial score (nSPS) is 10.6. The fourth-order valence-electron chi connectivity index (χ4n) is 1.63. The summed E-state index contributed by atoms with van der Waals surface area (Å²) in [6, 6.07) is 14.2. The number of rotatable bonds is 4. The van der Waals surface area contributed by atoms with Crippen molar-refractivity contribution in [3.63, 3.8) is 0 Å². The molecule has 0 aliphatic rings. The molecular weight excluding hydrogens is 242 g/mol. The van der Waals surface area contributed by atoms with Gasteiger partial charge in [0.1, 0.15) is 5.69 Å². The van der Waals surface area contributed by atoms with Crippen molar-refractivity contribution >= 4 is 17.6 Å². The molecule has 0 radical (unpaired) electrons. The van der Waals surface area contributed by atoms with Gasteiger partial charge in [-0.25, -0.2) is 0 Å². The van der Waals surface area contributed by atoms with Crippen molar-refractivity contribution in [2.45, 2.75) is 6.92 Å². The molecule has 19 heavy (non-hydrogen) atoms. The van der Waals surface area contributed by atoms with Crippen molar-refractivity contribution < 1.29 is 4.92 Å². The molecule has 0 heterocycles. The highest BCUT2D eigenvalue weighted by Gasteiger charge is 2.10. The van der Waals surface area contributed by atoms with Gasteiger partial charge in [0.2, 0.25) is 0 Å². The maximum absolute atomic E-state index is 10.8. The van der Waals surface area contributed by atoms with Crippen LogP contribution in [-0.2, 0) is 0 Å². The van der Waals surface area contributed by atoms with E-state index in [1.54, 1.807) is 24.4 Å². The van der Waals surface area contributed by atoms with Crippen molar-refractivity contribution in [1.82, 2.24) is 0 Å². The molecule has 0 atom stereocenters. The predicted molar refractivity (Wildman–Crippen MR) is 75.5 cm³/mol. The summed E-state index contributed by atoms with van der Waals surface area (Å²) >= 11 is 0. The molecule has 0 fully saturated rings. The minimum absolute atomic E-state index is 0.00411. The van der Waals surface area contributed by atoms with Crippen molar-refractivity contribution in [3.8, 4) is 0 Å². The monoisotopic (exact) mass is 255 g/mol. The lowest BCUT2D eigenvalue weighted by Gasteiger charge is -2.02. The zero-order chi connectivity index (χ0) is 13.7. The van der Waals surface area contributed by atoms with Crippen LogP contribution < -0.4 is 5.43 Å². The number of hydrogen-bond acceptors (Lipinski definition) is 4. The van der Waals surface area contributed by atoms with E-state index in [1.165, 1.54) is 6.07 Å². The summed E-state index contributed by atoms with van der Waals surface area (Å²) in [5.41, 5.74) is 5.13. The van der Waals surface area contributed by atoms with Crippen LogP contribution in [-0.4, -0.2) is 11.1 Å². The van der Waals surface area contributed by atoms with E-state index in [4.69, 9.17) is 0 Å². The molecule has 0 unspecified atom stereocenters. The Morgan fingerprint density at radius 1 is 1.16 bits per heavy atom. The molecule has 2 aromatic rings. The largest absolute Gasteiger partial charge is 0.294 e. The second kappa shape index (κ2) is 5.77. The molecule has 96 valence electrons. The van der Waals surface area contributed by atoms with Crippen LogP contribution in [0.25, 0.3) is 0 Å². The first kappa shape index (κ1) is 12.8. The smallest absolute Gasteiger partial charge is 0.272 e. The van der Waals surface area contributed by atoms with Gasteiger partial charge in [0.15, 0.2) is 0 Å². The number of aryl methyl sites for hydroxylation is 1. The molecule has 5 heteroatoms. The Morgan fingerprint density at radius 2 is 1.84 bits per heavy atom. The van der Waals surface area contributed by atoms with Crippen LogP contribution in [0.1, 0.15) is 11.1 Å². The van der Waals surface area contributed by atoms with Gasteiger partial charge >= 0.3 is 0 Å². The Labute approximate surface area is 110 Å². The second-order valence-corrected chi connectivity index (χ2v) is 4.00. The first-order valence-corrected chi connectivity index (χ1v) is 5.76. The van der Waals surface area contributed by atoms with Crippen LogP contribution in [0.2, 0.25) is 0 Å². The fourth-order valence-corrected chi connectivity index (χ4v) is 1.63. The predicted octanol–water partition coefficient (Wildman–Crippen LogP) is 3.35. The SMILES string of the molecule is Cc1ccccc1C=NNc1ccccc1[N+](=O)[O-]. The van der Waals surface area contributed by atoms with Crippen molar-refractivity contribution in [1.29, 1.82) is 0 Å². The van der Waals surface area contributed by atoms with Crippen LogP contribution in [0, 0.1) is 17.0 Å². The molecule has 2 aromatic carbocycles. The van der Waals surface area contributed by atoms with Crippen LogP contribution in [0.15, 0.2) is 53.6 Å². The molecule has 0 bridgehead atoms. The van der Waals surface area contributed by atoms with Gasteiger partial charge in [0, 0.05) is 6.07 Å². The van der Waals surface area contributed by atoms with E-state index in [1.807, 2.05) is 31.2 Å². The Hall–Kier alpha value is -2.69. The number of hydrazone groups is 1. The first-order chi connectivity index (χ1) is 9.18. The standard InChI is InChI=1S/C14H13N3O2/c1-11-6-2-3-7-12(11)10-15-16-13-8-4-5-9-14(13)17(18)19/h2-10,16H,1H3. The molecule has 0 amide bonds. The first-order valence-electron chi connectivity index (χ1n) is 5.76. The minimum atomic E-state index is -0.439. The van der Waals surface area contributed by atoms with Crippen molar-refractivity contribution in [3.05, 3.63) is 69.8 Å². The topological polar surface area (TPSA) is 67.5 Å². The number of nitrogens with zero attached hydrogens (tertiary/aromatic N) is 2. The summed E-state index contributed by atoms with van der Waals surface area (Å²) in [4.78, 5) is 10.4. The average Bonchev–Trinajstić information content (AvgIpc) is 2.41. The Balaban J connectivity index is 2.15. The van der Waals surface area contributed by atoms with Crippen LogP contribution in [0.3, 0.4) is 0 Å².